The number of fused-ring (bicyclic) bond motifs is 1. The summed E-state index contributed by atoms with van der Waals surface area (Å²) in [6.07, 6.45) is 0. The van der Waals surface area contributed by atoms with Gasteiger partial charge in [0.2, 0.25) is 5.52 Å². The molecule has 0 radical (unpaired) electrons. The van der Waals surface area contributed by atoms with Gasteiger partial charge in [-0.2, -0.15) is 0 Å². The molecule has 2 aromatic carbocycles. The number of hydrogen-bond acceptors (Lipinski definition) is 6. The van der Waals surface area contributed by atoms with E-state index in [1.807, 2.05) is 30.3 Å². The van der Waals surface area contributed by atoms with E-state index < -0.39 is 4.92 Å². The van der Waals surface area contributed by atoms with E-state index >= 15 is 0 Å². The molecule has 0 atom stereocenters. The zero-order valence-corrected chi connectivity index (χ0v) is 10.2. The second-order valence-corrected chi connectivity index (χ2v) is 4.08. The number of benzene rings is 2. The highest BCUT2D eigenvalue weighted by Gasteiger charge is 2.20. The van der Waals surface area contributed by atoms with Crippen molar-refractivity contribution in [3.8, 4) is 5.75 Å². The highest BCUT2D eigenvalue weighted by Crippen LogP contribution is 2.30. The van der Waals surface area contributed by atoms with Gasteiger partial charge < -0.3 is 4.74 Å². The van der Waals surface area contributed by atoms with Crippen LogP contribution in [0.25, 0.3) is 11.0 Å². The molecular weight excluding hydrogens is 262 g/mol. The lowest BCUT2D eigenvalue weighted by Gasteiger charge is -2.05. The Kier molecular flexibility index (Phi) is 3.00. The maximum absolute atomic E-state index is 10.9. The van der Waals surface area contributed by atoms with Crippen molar-refractivity contribution in [2.24, 2.45) is 0 Å². The lowest BCUT2D eigenvalue weighted by molar-refractivity contribution is -0.383. The maximum atomic E-state index is 10.9. The van der Waals surface area contributed by atoms with Crippen molar-refractivity contribution in [1.82, 2.24) is 10.3 Å². The Morgan fingerprint density at radius 1 is 1.10 bits per heavy atom. The van der Waals surface area contributed by atoms with Crippen molar-refractivity contribution >= 4 is 16.7 Å². The van der Waals surface area contributed by atoms with E-state index in [-0.39, 0.29) is 16.7 Å². The van der Waals surface area contributed by atoms with E-state index in [2.05, 4.69) is 14.9 Å². The predicted molar refractivity (Wildman–Crippen MR) is 69.2 cm³/mol. The Balaban J connectivity index is 1.91. The molecule has 0 fully saturated rings. The van der Waals surface area contributed by atoms with Crippen LogP contribution in [0, 0.1) is 10.1 Å². The zero-order chi connectivity index (χ0) is 13.9. The topological polar surface area (TPSA) is 91.3 Å². The van der Waals surface area contributed by atoms with Crippen LogP contribution in [-0.2, 0) is 6.61 Å². The van der Waals surface area contributed by atoms with Crippen LogP contribution in [0.3, 0.4) is 0 Å². The van der Waals surface area contributed by atoms with Gasteiger partial charge in [-0.3, -0.25) is 10.1 Å². The molecule has 100 valence electrons. The lowest BCUT2D eigenvalue weighted by Crippen LogP contribution is -1.97. The molecule has 0 N–H and O–H groups in total. The van der Waals surface area contributed by atoms with Crippen molar-refractivity contribution in [1.29, 1.82) is 0 Å². The Labute approximate surface area is 112 Å². The number of nitro benzene ring substituents is 1. The Morgan fingerprint density at radius 2 is 1.85 bits per heavy atom. The van der Waals surface area contributed by atoms with Crippen molar-refractivity contribution in [2.45, 2.75) is 6.61 Å². The van der Waals surface area contributed by atoms with Gasteiger partial charge in [0.05, 0.1) is 4.92 Å². The summed E-state index contributed by atoms with van der Waals surface area (Å²) in [6.45, 7) is 0.334. The van der Waals surface area contributed by atoms with Gasteiger partial charge in [-0.1, -0.05) is 30.3 Å². The van der Waals surface area contributed by atoms with Crippen LogP contribution in [0.15, 0.2) is 47.1 Å². The second kappa shape index (κ2) is 4.96. The molecule has 0 aliphatic rings. The summed E-state index contributed by atoms with van der Waals surface area (Å²) in [5.74, 6) is 0.399. The minimum atomic E-state index is -0.534. The normalized spacial score (nSPS) is 10.6. The van der Waals surface area contributed by atoms with Crippen molar-refractivity contribution in [2.75, 3.05) is 0 Å². The molecule has 0 unspecified atom stereocenters. The standard InChI is InChI=1S/C13H9N3O4/c17-16(18)10-6-7-11(13-12(10)14-20-15-13)19-8-9-4-2-1-3-5-9/h1-7H,8H2. The summed E-state index contributed by atoms with van der Waals surface area (Å²) in [7, 11) is 0. The van der Waals surface area contributed by atoms with Gasteiger partial charge in [-0.15, -0.1) is 0 Å². The predicted octanol–water partition coefficient (Wildman–Crippen LogP) is 2.71. The van der Waals surface area contributed by atoms with Gasteiger partial charge in [0.15, 0.2) is 11.3 Å². The first kappa shape index (κ1) is 12.1. The highest BCUT2D eigenvalue weighted by molar-refractivity contribution is 5.88. The third-order valence-corrected chi connectivity index (χ3v) is 2.79. The van der Waals surface area contributed by atoms with E-state index in [1.165, 1.54) is 12.1 Å². The molecule has 0 bridgehead atoms. The fraction of sp³-hybridized carbons (Fsp3) is 0.0769. The molecule has 3 rings (SSSR count). The number of nitrogens with zero attached hydrogens (tertiary/aromatic N) is 3. The smallest absolute Gasteiger partial charge is 0.301 e. The minimum absolute atomic E-state index is 0.0839. The van der Waals surface area contributed by atoms with Crippen molar-refractivity contribution < 1.29 is 14.3 Å². The van der Waals surface area contributed by atoms with Crippen LogP contribution in [0.2, 0.25) is 0 Å². The van der Waals surface area contributed by atoms with E-state index in [1.54, 1.807) is 0 Å². The molecule has 1 aromatic heterocycles. The van der Waals surface area contributed by atoms with Crippen molar-refractivity contribution in [3.05, 3.63) is 58.1 Å². The summed E-state index contributed by atoms with van der Waals surface area (Å²) in [5.41, 5.74) is 1.15. The second-order valence-electron chi connectivity index (χ2n) is 4.08. The van der Waals surface area contributed by atoms with Gasteiger partial charge in [0.1, 0.15) is 6.61 Å². The first-order valence-electron chi connectivity index (χ1n) is 5.82. The average Bonchev–Trinajstić information content (AvgIpc) is 2.95. The van der Waals surface area contributed by atoms with E-state index in [0.717, 1.165) is 5.56 Å². The number of aromatic nitrogens is 2. The van der Waals surface area contributed by atoms with Gasteiger partial charge >= 0.3 is 5.69 Å². The average molecular weight is 271 g/mol. The Hall–Kier alpha value is -2.96. The third-order valence-electron chi connectivity index (χ3n) is 2.79. The molecule has 0 amide bonds. The molecule has 7 nitrogen and oxygen atoms in total. The minimum Gasteiger partial charge on any atom is -0.486 e. The van der Waals surface area contributed by atoms with Crippen LogP contribution in [-0.4, -0.2) is 15.2 Å². The lowest BCUT2D eigenvalue weighted by atomic mass is 10.2. The molecule has 7 heteroatoms. The van der Waals surface area contributed by atoms with E-state index in [4.69, 9.17) is 4.74 Å². The Bertz CT molecular complexity index is 755. The molecule has 0 saturated carbocycles. The van der Waals surface area contributed by atoms with Gasteiger partial charge in [0, 0.05) is 6.07 Å². The van der Waals surface area contributed by atoms with Gasteiger partial charge in [-0.25, -0.2) is 4.63 Å². The summed E-state index contributed by atoms with van der Waals surface area (Å²) >= 11 is 0. The number of nitro groups is 1. The summed E-state index contributed by atoms with van der Waals surface area (Å²) in [6, 6.07) is 12.4. The summed E-state index contributed by atoms with van der Waals surface area (Å²) < 4.78 is 10.2. The zero-order valence-electron chi connectivity index (χ0n) is 10.2. The largest absolute Gasteiger partial charge is 0.486 e. The first-order chi connectivity index (χ1) is 9.75. The molecule has 0 aliphatic carbocycles. The first-order valence-corrected chi connectivity index (χ1v) is 5.82. The maximum Gasteiger partial charge on any atom is 0.301 e. The fourth-order valence-electron chi connectivity index (χ4n) is 1.83. The molecule has 1 heterocycles. The number of rotatable bonds is 4. The molecule has 0 spiro atoms. The fourth-order valence-corrected chi connectivity index (χ4v) is 1.83. The molecule has 3 aromatic rings. The SMILES string of the molecule is O=[N+]([O-])c1ccc(OCc2ccccc2)c2nonc12. The van der Waals surface area contributed by atoms with Crippen LogP contribution in [0.1, 0.15) is 5.56 Å². The van der Waals surface area contributed by atoms with Gasteiger partial charge in [-0.05, 0) is 21.9 Å². The summed E-state index contributed by atoms with van der Waals surface area (Å²) in [4.78, 5) is 10.3. The summed E-state index contributed by atoms with van der Waals surface area (Å²) in [5, 5.41) is 18.1. The molecular formula is C13H9N3O4. The van der Waals surface area contributed by atoms with Crippen LogP contribution < -0.4 is 4.74 Å². The van der Waals surface area contributed by atoms with Crippen LogP contribution in [0.4, 0.5) is 5.69 Å². The van der Waals surface area contributed by atoms with E-state index in [9.17, 15) is 10.1 Å². The van der Waals surface area contributed by atoms with Gasteiger partial charge in [0.25, 0.3) is 0 Å². The molecule has 0 aliphatic heterocycles. The van der Waals surface area contributed by atoms with Crippen LogP contribution in [0.5, 0.6) is 5.75 Å². The number of hydrogen-bond donors (Lipinski definition) is 0. The van der Waals surface area contributed by atoms with Crippen molar-refractivity contribution in [3.63, 3.8) is 0 Å². The monoisotopic (exact) mass is 271 g/mol. The molecule has 20 heavy (non-hydrogen) atoms. The highest BCUT2D eigenvalue weighted by atomic mass is 16.6. The Morgan fingerprint density at radius 3 is 2.60 bits per heavy atom. The number of non-ortho nitro benzene ring substituents is 1. The van der Waals surface area contributed by atoms with Crippen LogP contribution >= 0.6 is 0 Å². The quantitative estimate of drug-likeness (QED) is 0.535. The third kappa shape index (κ3) is 2.16. The number of ether oxygens (including phenoxy) is 1. The molecule has 0 saturated heterocycles. The van der Waals surface area contributed by atoms with E-state index in [0.29, 0.717) is 12.4 Å².